The van der Waals surface area contributed by atoms with Gasteiger partial charge in [0.15, 0.2) is 22.9 Å². The summed E-state index contributed by atoms with van der Waals surface area (Å²) in [4.78, 5) is 49.0. The van der Waals surface area contributed by atoms with Gasteiger partial charge >= 0.3 is 7.12 Å². The first-order valence-corrected chi connectivity index (χ1v) is 45.5. The van der Waals surface area contributed by atoms with E-state index in [9.17, 15) is 9.59 Å². The zero-order valence-corrected chi connectivity index (χ0v) is 78.4. The molecule has 0 amide bonds. The summed E-state index contributed by atoms with van der Waals surface area (Å²) in [6.45, 7) is 40.8. The van der Waals surface area contributed by atoms with Crippen LogP contribution in [0.3, 0.4) is 0 Å². The van der Waals surface area contributed by atoms with Gasteiger partial charge < -0.3 is 31.3 Å². The van der Waals surface area contributed by atoms with Gasteiger partial charge in [0.1, 0.15) is 12.7 Å². The number of aromatic nitrogens is 4. The molecule has 134 heavy (non-hydrogen) atoms. The Morgan fingerprint density at radius 1 is 0.276 bits per heavy atom. The lowest BCUT2D eigenvalue weighted by molar-refractivity contribution is 0.103. The molecule has 15 aromatic carbocycles. The molecule has 0 unspecified atom stereocenters. The van der Waals surface area contributed by atoms with E-state index in [2.05, 4.69) is 374 Å². The van der Waals surface area contributed by atoms with Crippen molar-refractivity contribution in [3.05, 3.63) is 469 Å². The number of fused-ring (bicyclic) bond motifs is 14. The molecule has 6 N–H and O–H groups in total. The normalized spacial score (nSPS) is 13.5. The molecule has 6 heterocycles. The third-order valence-corrected chi connectivity index (χ3v) is 26.9. The van der Waals surface area contributed by atoms with E-state index in [1.54, 1.807) is 12.4 Å². The number of anilines is 8. The topological polar surface area (TPSA) is 183 Å². The number of para-hydroxylation sites is 8. The van der Waals surface area contributed by atoms with E-state index in [0.717, 1.165) is 110 Å². The molecule has 0 spiro atoms. The Bertz CT molecular complexity index is 6870. The lowest BCUT2D eigenvalue weighted by Crippen LogP contribution is -2.30. The van der Waals surface area contributed by atoms with Crippen LogP contribution in [0.1, 0.15) is 154 Å². The van der Waals surface area contributed by atoms with Crippen LogP contribution < -0.4 is 26.7 Å². The quantitative estimate of drug-likeness (QED) is 0.0709. The third-order valence-electron chi connectivity index (χ3n) is 26.4. The summed E-state index contributed by atoms with van der Waals surface area (Å²) in [5.74, 6) is 0.111. The summed E-state index contributed by atoms with van der Waals surface area (Å²) in [6.07, 6.45) is 9.05. The third kappa shape index (κ3) is 17.9. The summed E-state index contributed by atoms with van der Waals surface area (Å²) in [5.41, 5.74) is 42.1. The highest BCUT2D eigenvalue weighted by atomic mass is 79.9. The summed E-state index contributed by atoms with van der Waals surface area (Å²) in [5, 5.41) is 31.0. The number of rotatable bonds is 5. The number of nitrogens with zero attached hydrogens (tertiary/aromatic N) is 6. The Labute approximate surface area is 793 Å². The SMILES string of the molecule is CC1(C)c2ccccc2Nc2ccccc21.CC1(C)c2ccccc2Nc2ccccc21.CC1(C)c2ccccc2Nc2ccccc21.CC1(C)c2ccccc2Nc2ccccc21.OB(O)c1cncnc1.[C-]#[N+]c1ccc(-c2cc3c(cc2C)-c2cc(C)c(-c4ccc(Br)cc4)cc2C3=O)cc1.[C-]#[N+]c1ccc(-c2cc3c(cc2C)-c2cc(C)c(-c4cncnc4)cc2C3=O)cc1. The Morgan fingerprint density at radius 2 is 0.485 bits per heavy atom. The molecule has 2 aromatic heterocycles. The van der Waals surface area contributed by atoms with Crippen molar-refractivity contribution >= 4 is 97.0 Å². The van der Waals surface area contributed by atoms with Crippen LogP contribution in [0, 0.1) is 40.8 Å². The van der Waals surface area contributed by atoms with Crippen molar-refractivity contribution in [2.24, 2.45) is 0 Å². The van der Waals surface area contributed by atoms with Gasteiger partial charge in [0.05, 0.1) is 13.1 Å². The van der Waals surface area contributed by atoms with Crippen LogP contribution in [0.2, 0.25) is 0 Å². The van der Waals surface area contributed by atoms with Crippen molar-refractivity contribution in [1.29, 1.82) is 0 Å². The number of nitrogens with one attached hydrogen (secondary N) is 4. The van der Waals surface area contributed by atoms with E-state index in [1.807, 2.05) is 91.9 Å². The van der Waals surface area contributed by atoms with Crippen molar-refractivity contribution in [3.8, 4) is 66.8 Å². The highest BCUT2D eigenvalue weighted by molar-refractivity contribution is 9.10. The minimum atomic E-state index is -1.47. The molecule has 0 saturated carbocycles. The molecule has 656 valence electrons. The molecule has 0 fully saturated rings. The van der Waals surface area contributed by atoms with E-state index >= 15 is 0 Å². The molecule has 0 saturated heterocycles. The molecule has 6 aliphatic rings. The molecule has 16 heteroatoms. The predicted molar refractivity (Wildman–Crippen MR) is 552 cm³/mol. The average molecular weight is 1810 g/mol. The largest absolute Gasteiger partial charge is 0.491 e. The van der Waals surface area contributed by atoms with Crippen molar-refractivity contribution in [1.82, 2.24) is 19.9 Å². The van der Waals surface area contributed by atoms with Gasteiger partial charge in [-0.3, -0.25) is 9.59 Å². The number of benzene rings is 15. The van der Waals surface area contributed by atoms with Gasteiger partial charge in [0.2, 0.25) is 0 Å². The number of carbonyl (C=O) groups excluding carboxylic acids is 2. The van der Waals surface area contributed by atoms with Crippen LogP contribution in [0.15, 0.2) is 357 Å². The molecule has 0 bridgehead atoms. The summed E-state index contributed by atoms with van der Waals surface area (Å²) < 4.78 is 1.03. The average Bonchev–Trinajstić information content (AvgIpc) is 1.52. The Balaban J connectivity index is 0.000000112. The fraction of sp³-hybridized carbons (Fsp3) is 0.136. The molecule has 14 nitrogen and oxygen atoms in total. The van der Waals surface area contributed by atoms with E-state index in [0.29, 0.717) is 22.4 Å². The zero-order valence-electron chi connectivity index (χ0n) is 76.8. The van der Waals surface area contributed by atoms with Crippen LogP contribution in [0.5, 0.6) is 0 Å². The summed E-state index contributed by atoms with van der Waals surface area (Å²) in [6, 6.07) is 108. The van der Waals surface area contributed by atoms with Gasteiger partial charge in [-0.25, -0.2) is 29.6 Å². The number of ketones is 2. The van der Waals surface area contributed by atoms with Gasteiger partial charge in [-0.2, -0.15) is 0 Å². The van der Waals surface area contributed by atoms with Gasteiger partial charge in [-0.05, 0) is 241 Å². The number of halogens is 1. The Kier molecular flexibility index (Phi) is 25.4. The van der Waals surface area contributed by atoms with Crippen LogP contribution >= 0.6 is 15.9 Å². The molecule has 23 rings (SSSR count). The summed E-state index contributed by atoms with van der Waals surface area (Å²) in [7, 11) is -1.47. The Hall–Kier alpha value is -15.6. The van der Waals surface area contributed by atoms with E-state index in [-0.39, 0.29) is 33.2 Å². The van der Waals surface area contributed by atoms with Crippen molar-refractivity contribution in [2.75, 3.05) is 21.3 Å². The van der Waals surface area contributed by atoms with Crippen molar-refractivity contribution in [2.45, 2.75) is 105 Å². The maximum absolute atomic E-state index is 13.4. The van der Waals surface area contributed by atoms with Gasteiger partial charge in [0.25, 0.3) is 0 Å². The monoisotopic (exact) mass is 1810 g/mol. The lowest BCUT2D eigenvalue weighted by Gasteiger charge is -2.35. The first-order chi connectivity index (χ1) is 64.6. The van der Waals surface area contributed by atoms with Crippen molar-refractivity contribution < 1.29 is 19.6 Å². The highest BCUT2D eigenvalue weighted by Gasteiger charge is 2.38. The molecular weight excluding hydrogens is 1710 g/mol. The van der Waals surface area contributed by atoms with Gasteiger partial charge in [-0.15, -0.1) is 0 Å². The van der Waals surface area contributed by atoms with Crippen LogP contribution in [0.25, 0.3) is 76.5 Å². The summed E-state index contributed by atoms with van der Waals surface area (Å²) >= 11 is 3.49. The van der Waals surface area contributed by atoms with Crippen molar-refractivity contribution in [3.63, 3.8) is 0 Å². The van der Waals surface area contributed by atoms with E-state index < -0.39 is 7.12 Å². The van der Waals surface area contributed by atoms with Crippen LogP contribution in [-0.2, 0) is 21.7 Å². The zero-order chi connectivity index (χ0) is 93.9. The molecule has 2 aliphatic carbocycles. The Morgan fingerprint density at radius 3 is 0.701 bits per heavy atom. The van der Waals surface area contributed by atoms with Crippen LogP contribution in [-0.4, -0.2) is 48.7 Å². The first-order valence-electron chi connectivity index (χ1n) is 44.7. The smallest absolute Gasteiger partial charge is 0.423 e. The van der Waals surface area contributed by atoms with Gasteiger partial charge in [0, 0.05) is 130 Å². The molecule has 17 aromatic rings. The van der Waals surface area contributed by atoms with E-state index in [1.165, 1.54) is 115 Å². The standard InChI is InChI=1S/C28H18BrNO.C26H17N3O.4C15H15N.C4H5BN2O2/c1-16-12-24-25-13-17(2)23(19-6-10-21(30-3)11-7-19)15-27(25)28(31)26(24)14-22(16)18-4-8-20(29)9-5-18;1-15-8-22-23-9-16(2)21(18-12-28-14-29-13-18)11-25(23)26(30)24(22)10-20(15)17-4-6-19(27-3)7-5-17;4*1-15(2)11-7-3-5-9-13(11)16-14-10-6-4-8-12(14)15;8-5(9)4-1-6-3-7-2-4/h4-15H,1-2H3;4-14H,1-2H3;4*3-10,16H,1-2H3;1-3,8-9H. The minimum absolute atomic E-state index is 0.0390. The maximum atomic E-state index is 13.4. The fourth-order valence-corrected chi connectivity index (χ4v) is 19.5. The lowest BCUT2D eigenvalue weighted by atomic mass is 9.74. The number of aryl methyl sites for hydroxylation is 4. The second-order valence-electron chi connectivity index (χ2n) is 36.4. The molecule has 0 radical (unpaired) electrons. The maximum Gasteiger partial charge on any atom is 0.491 e. The number of hydrogen-bond acceptors (Lipinski definition) is 12. The number of carbonyl (C=O) groups is 2. The van der Waals surface area contributed by atoms with Crippen LogP contribution in [0.4, 0.5) is 56.9 Å². The second kappa shape index (κ2) is 37.7. The molecular formula is C118H100BBrN10O4. The molecule has 4 aliphatic heterocycles. The second-order valence-corrected chi connectivity index (χ2v) is 37.3. The first kappa shape index (κ1) is 90.4. The number of hydrogen-bond donors (Lipinski definition) is 6. The highest BCUT2D eigenvalue weighted by Crippen LogP contribution is 2.51. The fourth-order valence-electron chi connectivity index (χ4n) is 19.2. The molecule has 0 atom stereocenters. The van der Waals surface area contributed by atoms with E-state index in [4.69, 9.17) is 23.2 Å². The predicted octanol–water partition coefficient (Wildman–Crippen LogP) is 28.8. The van der Waals surface area contributed by atoms with Gasteiger partial charge in [-0.1, -0.05) is 302 Å². The minimum Gasteiger partial charge on any atom is -0.423 e.